The first-order valence-corrected chi connectivity index (χ1v) is 10.8. The zero-order valence-corrected chi connectivity index (χ0v) is 19.5. The number of hydrogen-bond donors (Lipinski definition) is 1. The number of aromatic nitrogens is 5. The van der Waals surface area contributed by atoms with E-state index in [0.29, 0.717) is 47.1 Å². The smallest absolute Gasteiger partial charge is 0.190 e. The van der Waals surface area contributed by atoms with Crippen molar-refractivity contribution in [3.63, 3.8) is 0 Å². The number of aryl methyl sites for hydroxylation is 1. The van der Waals surface area contributed by atoms with Crippen molar-refractivity contribution in [3.8, 4) is 22.8 Å². The molecule has 1 saturated heterocycles. The molecular weight excluding hydrogens is 453 g/mol. The van der Waals surface area contributed by atoms with E-state index in [1.54, 1.807) is 29.2 Å². The second-order valence-corrected chi connectivity index (χ2v) is 8.02. The third kappa shape index (κ3) is 4.39. The first kappa shape index (κ1) is 22.4. The van der Waals surface area contributed by atoms with Crippen molar-refractivity contribution in [2.75, 3.05) is 20.8 Å². The Hall–Kier alpha value is -4.41. The summed E-state index contributed by atoms with van der Waals surface area (Å²) in [6, 6.07) is 6.48. The fraction of sp³-hybridized carbons (Fsp3) is 0.250. The molecule has 35 heavy (non-hydrogen) atoms. The van der Waals surface area contributed by atoms with E-state index >= 15 is 4.39 Å². The van der Waals surface area contributed by atoms with E-state index in [0.717, 1.165) is 5.56 Å². The zero-order valence-electron chi connectivity index (χ0n) is 19.5. The molecular formula is C24H24FN7O3. The summed E-state index contributed by atoms with van der Waals surface area (Å²) in [4.78, 5) is 14.1. The Morgan fingerprint density at radius 1 is 1.26 bits per heavy atom. The number of hydrogen-bond acceptors (Lipinski definition) is 8. The Morgan fingerprint density at radius 2 is 2.11 bits per heavy atom. The first-order chi connectivity index (χ1) is 16.9. The van der Waals surface area contributed by atoms with Crippen LogP contribution in [-0.2, 0) is 18.3 Å². The first-order valence-electron chi connectivity index (χ1n) is 10.8. The molecule has 11 heteroatoms. The van der Waals surface area contributed by atoms with Gasteiger partial charge in [0.25, 0.3) is 0 Å². The van der Waals surface area contributed by atoms with Crippen LogP contribution in [0.4, 0.5) is 10.1 Å². The lowest BCUT2D eigenvalue weighted by Gasteiger charge is -2.15. The van der Waals surface area contributed by atoms with Crippen LogP contribution in [0.2, 0.25) is 0 Å². The van der Waals surface area contributed by atoms with Crippen LogP contribution in [0, 0.1) is 5.82 Å². The van der Waals surface area contributed by atoms with Gasteiger partial charge in [0.15, 0.2) is 23.1 Å². The van der Waals surface area contributed by atoms with Gasteiger partial charge in [-0.05, 0) is 18.7 Å². The molecule has 1 aromatic carbocycles. The monoisotopic (exact) mass is 477 g/mol. The number of ether oxygens (including phenoxy) is 3. The Morgan fingerprint density at radius 3 is 2.80 bits per heavy atom. The Balaban J connectivity index is 1.72. The van der Waals surface area contributed by atoms with Gasteiger partial charge in [-0.25, -0.2) is 14.4 Å². The Labute approximate surface area is 200 Å². The number of nitrogens with one attached hydrogen (secondary N) is 1. The average Bonchev–Trinajstić information content (AvgIpc) is 3.49. The van der Waals surface area contributed by atoms with Gasteiger partial charge < -0.3 is 24.1 Å². The topological polar surface area (TPSA) is 101 Å². The highest BCUT2D eigenvalue weighted by molar-refractivity contribution is 5.73. The van der Waals surface area contributed by atoms with Gasteiger partial charge in [0.2, 0.25) is 0 Å². The summed E-state index contributed by atoms with van der Waals surface area (Å²) in [5.74, 6) is 0.372. The molecule has 1 aliphatic heterocycles. The number of halogens is 1. The second-order valence-electron chi connectivity index (χ2n) is 8.02. The number of pyridine rings is 1. The molecule has 4 heterocycles. The van der Waals surface area contributed by atoms with E-state index < -0.39 is 5.82 Å². The van der Waals surface area contributed by atoms with Gasteiger partial charge in [-0.3, -0.25) is 9.67 Å². The molecule has 0 radical (unpaired) electrons. The quantitative estimate of drug-likeness (QED) is 0.456. The summed E-state index contributed by atoms with van der Waals surface area (Å²) in [6.45, 7) is 4.69. The summed E-state index contributed by atoms with van der Waals surface area (Å²) < 4.78 is 34.6. The fourth-order valence-corrected chi connectivity index (χ4v) is 3.89. The van der Waals surface area contributed by atoms with Crippen LogP contribution in [0.3, 0.4) is 0 Å². The maximum atomic E-state index is 15.1. The molecule has 0 aliphatic carbocycles. The molecule has 4 aromatic rings. The van der Waals surface area contributed by atoms with Crippen molar-refractivity contribution in [2.45, 2.75) is 12.6 Å². The highest BCUT2D eigenvalue weighted by Crippen LogP contribution is 2.32. The SMILES string of the molecule is C=C1NC(Cn2c(=Nc3cc(OC)cc(OC)c3F)ccc3ncc(-c4cnn(C)c4)nc32)CO1. The lowest BCUT2D eigenvalue weighted by molar-refractivity contribution is 0.251. The normalized spacial score (nSPS) is 15.8. The molecule has 0 saturated carbocycles. The molecule has 0 amide bonds. The van der Waals surface area contributed by atoms with Crippen LogP contribution in [0.15, 0.2) is 60.3 Å². The minimum Gasteiger partial charge on any atom is -0.497 e. The Kier molecular flexibility index (Phi) is 5.81. The summed E-state index contributed by atoms with van der Waals surface area (Å²) in [6.07, 6.45) is 5.29. The average molecular weight is 478 g/mol. The van der Waals surface area contributed by atoms with E-state index in [1.165, 1.54) is 26.4 Å². The van der Waals surface area contributed by atoms with E-state index in [-0.39, 0.29) is 17.5 Å². The lowest BCUT2D eigenvalue weighted by atomic mass is 10.2. The standard InChI is InChI=1S/C24H24FN7O3/c1-14-28-16(13-35-14)12-32-22(29-19-7-17(33-3)8-21(34-4)23(19)25)6-5-18-24(32)30-20(10-26-18)15-9-27-31(2)11-15/h5-11,16,28H,1,12-13H2,2-4H3. The number of nitrogens with zero attached hydrogens (tertiary/aromatic N) is 6. The summed E-state index contributed by atoms with van der Waals surface area (Å²) in [5.41, 5.74) is 3.29. The van der Waals surface area contributed by atoms with Crippen molar-refractivity contribution in [1.82, 2.24) is 29.6 Å². The molecule has 1 atom stereocenters. The molecule has 1 aliphatic rings. The van der Waals surface area contributed by atoms with Crippen LogP contribution in [0.25, 0.3) is 22.4 Å². The number of rotatable bonds is 6. The van der Waals surface area contributed by atoms with Gasteiger partial charge >= 0.3 is 0 Å². The molecule has 0 bridgehead atoms. The summed E-state index contributed by atoms with van der Waals surface area (Å²) in [5, 5.41) is 7.43. The van der Waals surface area contributed by atoms with Gasteiger partial charge in [-0.15, -0.1) is 0 Å². The minimum absolute atomic E-state index is 0.0382. The number of fused-ring (bicyclic) bond motifs is 1. The molecule has 1 fully saturated rings. The van der Waals surface area contributed by atoms with Crippen LogP contribution in [0.5, 0.6) is 11.5 Å². The van der Waals surface area contributed by atoms with Crippen molar-refractivity contribution in [1.29, 1.82) is 0 Å². The van der Waals surface area contributed by atoms with Crippen molar-refractivity contribution in [3.05, 3.63) is 66.6 Å². The lowest BCUT2D eigenvalue weighted by Crippen LogP contribution is -2.34. The second kappa shape index (κ2) is 9.09. The molecule has 5 rings (SSSR count). The molecule has 10 nitrogen and oxygen atoms in total. The van der Waals surface area contributed by atoms with Crippen molar-refractivity contribution in [2.24, 2.45) is 12.0 Å². The van der Waals surface area contributed by atoms with E-state index in [2.05, 4.69) is 27.0 Å². The van der Waals surface area contributed by atoms with E-state index in [4.69, 9.17) is 19.2 Å². The molecule has 1 N–H and O–H groups in total. The zero-order chi connectivity index (χ0) is 24.5. The maximum absolute atomic E-state index is 15.1. The summed E-state index contributed by atoms with van der Waals surface area (Å²) >= 11 is 0. The maximum Gasteiger partial charge on any atom is 0.190 e. The predicted octanol–water partition coefficient (Wildman–Crippen LogP) is 2.68. The van der Waals surface area contributed by atoms with E-state index in [9.17, 15) is 0 Å². The number of benzene rings is 1. The van der Waals surface area contributed by atoms with Crippen LogP contribution in [-0.4, -0.2) is 51.2 Å². The summed E-state index contributed by atoms with van der Waals surface area (Å²) in [7, 11) is 4.73. The molecule has 0 spiro atoms. The largest absolute Gasteiger partial charge is 0.497 e. The molecule has 1 unspecified atom stereocenters. The van der Waals surface area contributed by atoms with Crippen molar-refractivity contribution < 1.29 is 18.6 Å². The third-order valence-corrected chi connectivity index (χ3v) is 5.62. The fourth-order valence-electron chi connectivity index (χ4n) is 3.89. The van der Waals surface area contributed by atoms with Gasteiger partial charge in [0.05, 0.1) is 38.3 Å². The van der Waals surface area contributed by atoms with Crippen LogP contribution < -0.4 is 20.3 Å². The van der Waals surface area contributed by atoms with E-state index in [1.807, 2.05) is 17.8 Å². The Bertz CT molecular complexity index is 1490. The highest BCUT2D eigenvalue weighted by Gasteiger charge is 2.21. The number of methoxy groups -OCH3 is 2. The highest BCUT2D eigenvalue weighted by atomic mass is 19.1. The van der Waals surface area contributed by atoms with Crippen LogP contribution in [0.1, 0.15) is 0 Å². The van der Waals surface area contributed by atoms with Crippen LogP contribution >= 0.6 is 0 Å². The van der Waals surface area contributed by atoms with Gasteiger partial charge in [-0.2, -0.15) is 5.10 Å². The molecule has 3 aromatic heterocycles. The third-order valence-electron chi connectivity index (χ3n) is 5.62. The van der Waals surface area contributed by atoms with Crippen molar-refractivity contribution >= 4 is 16.9 Å². The predicted molar refractivity (Wildman–Crippen MR) is 126 cm³/mol. The molecule has 180 valence electrons. The van der Waals surface area contributed by atoms with Gasteiger partial charge in [0.1, 0.15) is 29.0 Å². The van der Waals surface area contributed by atoms with Gasteiger partial charge in [-0.1, -0.05) is 0 Å². The van der Waals surface area contributed by atoms with Gasteiger partial charge in [0, 0.05) is 37.5 Å². The minimum atomic E-state index is -0.592.